The van der Waals surface area contributed by atoms with Crippen LogP contribution in [0.4, 0.5) is 0 Å². The number of aliphatic hydroxyl groups excluding tert-OH is 2. The Balaban J connectivity index is 2.51. The van der Waals surface area contributed by atoms with Gasteiger partial charge in [-0.3, -0.25) is 0 Å². The maximum atomic E-state index is 9.26. The van der Waals surface area contributed by atoms with Crippen molar-refractivity contribution in [2.45, 2.75) is 37.9 Å². The maximum Gasteiger partial charge on any atom is 0.185 e. The van der Waals surface area contributed by atoms with Gasteiger partial charge in [-0.1, -0.05) is 0 Å². The number of methoxy groups -OCH3 is 1. The minimum absolute atomic E-state index is 0.0571. The summed E-state index contributed by atoms with van der Waals surface area (Å²) >= 11 is 0. The van der Waals surface area contributed by atoms with Gasteiger partial charge in [0.2, 0.25) is 0 Å². The Labute approximate surface area is 65.7 Å². The lowest BCUT2D eigenvalue weighted by Gasteiger charge is -2.34. The Kier molecular flexibility index (Phi) is 2.84. The van der Waals surface area contributed by atoms with Crippen molar-refractivity contribution in [2.75, 3.05) is 7.11 Å². The summed E-state index contributed by atoms with van der Waals surface area (Å²) in [5.41, 5.74) is 0. The van der Waals surface area contributed by atoms with Crippen LogP contribution < -0.4 is 0 Å². The molecule has 11 heavy (non-hydrogen) atoms. The van der Waals surface area contributed by atoms with Crippen molar-refractivity contribution >= 4 is 0 Å². The summed E-state index contributed by atoms with van der Waals surface area (Å²) in [6.45, 7) is 1.83. The third kappa shape index (κ3) is 1.90. The van der Waals surface area contributed by atoms with E-state index in [1.54, 1.807) is 0 Å². The fourth-order valence-electron chi connectivity index (χ4n) is 1.22. The van der Waals surface area contributed by atoms with Crippen LogP contribution in [0.2, 0.25) is 0 Å². The van der Waals surface area contributed by atoms with Crippen LogP contribution >= 0.6 is 0 Å². The molecule has 2 N–H and O–H groups in total. The van der Waals surface area contributed by atoms with E-state index in [-0.39, 0.29) is 6.10 Å². The van der Waals surface area contributed by atoms with E-state index in [0.717, 1.165) is 0 Å². The second-order valence-corrected chi connectivity index (χ2v) is 2.84. The zero-order valence-electron chi connectivity index (χ0n) is 6.73. The Morgan fingerprint density at radius 3 is 2.64 bits per heavy atom. The van der Waals surface area contributed by atoms with Gasteiger partial charge in [0.25, 0.3) is 0 Å². The molecular formula is C7H14O4. The van der Waals surface area contributed by atoms with E-state index in [9.17, 15) is 10.2 Å². The Morgan fingerprint density at radius 1 is 1.45 bits per heavy atom. The third-order valence-corrected chi connectivity index (χ3v) is 1.85. The topological polar surface area (TPSA) is 58.9 Å². The van der Waals surface area contributed by atoms with Gasteiger partial charge in [0.15, 0.2) is 6.29 Å². The molecule has 1 saturated heterocycles. The highest BCUT2D eigenvalue weighted by Crippen LogP contribution is 2.19. The SMILES string of the molecule is COC1O[C@H](C)C[C@H](O)[C@H]1O. The fraction of sp³-hybridized carbons (Fsp3) is 1.00. The first kappa shape index (κ1) is 8.93. The Bertz CT molecular complexity index is 128. The van der Waals surface area contributed by atoms with Crippen LogP contribution in [-0.4, -0.2) is 41.9 Å². The monoisotopic (exact) mass is 162 g/mol. The molecule has 1 heterocycles. The van der Waals surface area contributed by atoms with Gasteiger partial charge in [-0.2, -0.15) is 0 Å². The molecule has 1 rings (SSSR count). The molecule has 0 spiro atoms. The first-order chi connectivity index (χ1) is 5.15. The molecule has 0 bridgehead atoms. The van der Waals surface area contributed by atoms with Gasteiger partial charge < -0.3 is 19.7 Å². The molecule has 0 saturated carbocycles. The largest absolute Gasteiger partial charge is 0.390 e. The number of hydrogen-bond acceptors (Lipinski definition) is 4. The van der Waals surface area contributed by atoms with Crippen LogP contribution in [0.5, 0.6) is 0 Å². The molecule has 0 radical (unpaired) electrons. The lowest BCUT2D eigenvalue weighted by Crippen LogP contribution is -2.48. The predicted molar refractivity (Wildman–Crippen MR) is 38.0 cm³/mol. The van der Waals surface area contributed by atoms with E-state index in [4.69, 9.17) is 9.47 Å². The molecule has 4 nitrogen and oxygen atoms in total. The Hall–Kier alpha value is -0.160. The smallest absolute Gasteiger partial charge is 0.185 e. The molecular weight excluding hydrogens is 148 g/mol. The summed E-state index contributed by atoms with van der Waals surface area (Å²) in [5.74, 6) is 0. The van der Waals surface area contributed by atoms with Gasteiger partial charge in [-0.15, -0.1) is 0 Å². The van der Waals surface area contributed by atoms with E-state index in [1.807, 2.05) is 6.92 Å². The molecule has 1 fully saturated rings. The summed E-state index contributed by atoms with van der Waals surface area (Å²) in [7, 11) is 1.44. The molecule has 4 heteroatoms. The van der Waals surface area contributed by atoms with Crippen LogP contribution in [0.1, 0.15) is 13.3 Å². The molecule has 1 unspecified atom stereocenters. The van der Waals surface area contributed by atoms with E-state index < -0.39 is 18.5 Å². The average molecular weight is 162 g/mol. The average Bonchev–Trinajstić information content (AvgIpc) is 1.96. The Morgan fingerprint density at radius 2 is 2.09 bits per heavy atom. The van der Waals surface area contributed by atoms with Crippen molar-refractivity contribution in [2.24, 2.45) is 0 Å². The van der Waals surface area contributed by atoms with Crippen LogP contribution in [0, 0.1) is 0 Å². The lowest BCUT2D eigenvalue weighted by molar-refractivity contribution is -0.254. The molecule has 0 aromatic rings. The molecule has 4 atom stereocenters. The molecule has 0 amide bonds. The lowest BCUT2D eigenvalue weighted by atomic mass is 10.0. The molecule has 66 valence electrons. The second kappa shape index (κ2) is 3.49. The van der Waals surface area contributed by atoms with Crippen molar-refractivity contribution in [3.8, 4) is 0 Å². The van der Waals surface area contributed by atoms with Crippen molar-refractivity contribution in [1.82, 2.24) is 0 Å². The highest BCUT2D eigenvalue weighted by Gasteiger charge is 2.34. The molecule has 1 aliphatic rings. The molecule has 1 aliphatic heterocycles. The second-order valence-electron chi connectivity index (χ2n) is 2.84. The van der Waals surface area contributed by atoms with Gasteiger partial charge in [0, 0.05) is 13.5 Å². The highest BCUT2D eigenvalue weighted by atomic mass is 16.7. The minimum Gasteiger partial charge on any atom is -0.390 e. The van der Waals surface area contributed by atoms with Gasteiger partial charge in [-0.05, 0) is 6.92 Å². The summed E-state index contributed by atoms with van der Waals surface area (Å²) in [6.07, 6.45) is -1.94. The zero-order valence-corrected chi connectivity index (χ0v) is 6.73. The first-order valence-corrected chi connectivity index (χ1v) is 3.69. The first-order valence-electron chi connectivity index (χ1n) is 3.69. The minimum atomic E-state index is -0.920. The molecule has 0 aromatic heterocycles. The normalized spacial score (nSPS) is 45.8. The predicted octanol–water partition coefficient (Wildman–Crippen LogP) is -0.510. The number of aliphatic hydroxyl groups is 2. The van der Waals surface area contributed by atoms with Gasteiger partial charge in [0.1, 0.15) is 6.10 Å². The molecule has 0 aliphatic carbocycles. The summed E-state index contributed by atoms with van der Waals surface area (Å²) in [6, 6.07) is 0. The van der Waals surface area contributed by atoms with Crippen LogP contribution in [-0.2, 0) is 9.47 Å². The summed E-state index contributed by atoms with van der Waals surface area (Å²) < 4.78 is 10.00. The fourth-order valence-corrected chi connectivity index (χ4v) is 1.22. The van der Waals surface area contributed by atoms with Gasteiger partial charge in [0.05, 0.1) is 12.2 Å². The zero-order chi connectivity index (χ0) is 8.43. The van der Waals surface area contributed by atoms with Gasteiger partial charge in [-0.25, -0.2) is 0 Å². The maximum absolute atomic E-state index is 9.26. The van der Waals surface area contributed by atoms with Crippen LogP contribution in [0.25, 0.3) is 0 Å². The standard InChI is InChI=1S/C7H14O4/c1-4-3-5(8)6(9)7(10-2)11-4/h4-9H,3H2,1-2H3/t4-,5+,6-,7?/m1/s1. The van der Waals surface area contributed by atoms with E-state index >= 15 is 0 Å². The summed E-state index contributed by atoms with van der Waals surface area (Å²) in [5, 5.41) is 18.5. The van der Waals surface area contributed by atoms with Crippen LogP contribution in [0.3, 0.4) is 0 Å². The molecule has 0 aromatic carbocycles. The summed E-state index contributed by atoms with van der Waals surface area (Å²) in [4.78, 5) is 0. The third-order valence-electron chi connectivity index (χ3n) is 1.85. The van der Waals surface area contributed by atoms with E-state index in [2.05, 4.69) is 0 Å². The van der Waals surface area contributed by atoms with Crippen molar-refractivity contribution in [1.29, 1.82) is 0 Å². The van der Waals surface area contributed by atoms with Crippen molar-refractivity contribution in [3.05, 3.63) is 0 Å². The number of rotatable bonds is 1. The van der Waals surface area contributed by atoms with E-state index in [0.29, 0.717) is 6.42 Å². The quantitative estimate of drug-likeness (QED) is 0.545. The van der Waals surface area contributed by atoms with Gasteiger partial charge >= 0.3 is 0 Å². The van der Waals surface area contributed by atoms with E-state index in [1.165, 1.54) is 7.11 Å². The number of hydrogen-bond donors (Lipinski definition) is 2. The van der Waals surface area contributed by atoms with Crippen LogP contribution in [0.15, 0.2) is 0 Å². The van der Waals surface area contributed by atoms with Crippen molar-refractivity contribution < 1.29 is 19.7 Å². The number of ether oxygens (including phenoxy) is 2. The van der Waals surface area contributed by atoms with Crippen molar-refractivity contribution in [3.63, 3.8) is 0 Å². The highest BCUT2D eigenvalue weighted by molar-refractivity contribution is 4.78.